The van der Waals surface area contributed by atoms with Gasteiger partial charge in [0.15, 0.2) is 5.84 Å². The van der Waals surface area contributed by atoms with Gasteiger partial charge in [-0.25, -0.2) is 10.0 Å². The third-order valence-electron chi connectivity index (χ3n) is 4.30. The van der Waals surface area contributed by atoms with Crippen molar-refractivity contribution < 1.29 is 10.2 Å². The van der Waals surface area contributed by atoms with Crippen LogP contribution in [0.5, 0.6) is 0 Å². The Bertz CT molecular complexity index is 893. The largest absolute Gasteiger partial charge is 0.395 e. The Morgan fingerprint density at radius 3 is 2.45 bits per heavy atom. The number of amidine groups is 1. The van der Waals surface area contributed by atoms with Crippen LogP contribution in [0.4, 0.5) is 11.4 Å². The van der Waals surface area contributed by atoms with Crippen LogP contribution in [-0.2, 0) is 0 Å². The summed E-state index contributed by atoms with van der Waals surface area (Å²) >= 11 is 0. The highest BCUT2D eigenvalue weighted by Crippen LogP contribution is 2.23. The van der Waals surface area contributed by atoms with Gasteiger partial charge in [0.1, 0.15) is 17.7 Å². The van der Waals surface area contributed by atoms with Gasteiger partial charge in [-0.2, -0.15) is 5.10 Å². The van der Waals surface area contributed by atoms with E-state index >= 15 is 0 Å². The number of hydrazone groups is 1. The second-order valence-electron chi connectivity index (χ2n) is 6.91. The Kier molecular flexibility index (Phi) is 6.84. The van der Waals surface area contributed by atoms with Crippen LogP contribution in [0.1, 0.15) is 11.8 Å². The van der Waals surface area contributed by atoms with E-state index in [0.29, 0.717) is 30.1 Å². The smallest absolute Gasteiger partial charge is 0.174 e. The molecular weight excluding hydrogens is 368 g/mol. The first kappa shape index (κ1) is 20.8. The van der Waals surface area contributed by atoms with Gasteiger partial charge in [-0.15, -0.1) is 0 Å². The number of benzene rings is 2. The van der Waals surface area contributed by atoms with Gasteiger partial charge in [-0.3, -0.25) is 10.7 Å². The predicted octanol–water partition coefficient (Wildman–Crippen LogP) is 1.75. The summed E-state index contributed by atoms with van der Waals surface area (Å²) in [6, 6.07) is 16.7. The molecule has 1 atom stereocenters. The Balaban J connectivity index is 1.86. The average molecular weight is 394 g/mol. The second-order valence-corrected chi connectivity index (χ2v) is 6.91. The number of rotatable bonds is 8. The lowest BCUT2D eigenvalue weighted by atomic mass is 10.1. The van der Waals surface area contributed by atoms with Crippen LogP contribution in [0.3, 0.4) is 0 Å². The monoisotopic (exact) mass is 394 g/mol. The molecule has 1 heterocycles. The van der Waals surface area contributed by atoms with E-state index < -0.39 is 6.23 Å². The van der Waals surface area contributed by atoms with Gasteiger partial charge in [0.05, 0.1) is 18.0 Å². The first-order chi connectivity index (χ1) is 14.0. The van der Waals surface area contributed by atoms with Gasteiger partial charge in [0.2, 0.25) is 0 Å². The van der Waals surface area contributed by atoms with Gasteiger partial charge in [0.25, 0.3) is 0 Å². The summed E-state index contributed by atoms with van der Waals surface area (Å²) in [6.07, 6.45) is -0.854. The van der Waals surface area contributed by atoms with Gasteiger partial charge in [0, 0.05) is 13.1 Å². The van der Waals surface area contributed by atoms with E-state index in [-0.39, 0.29) is 12.4 Å². The summed E-state index contributed by atoms with van der Waals surface area (Å²) in [6.45, 7) is 0.825. The van der Waals surface area contributed by atoms with E-state index in [9.17, 15) is 5.11 Å². The van der Waals surface area contributed by atoms with Crippen molar-refractivity contribution in [1.29, 1.82) is 5.41 Å². The maximum Gasteiger partial charge on any atom is 0.174 e. The fourth-order valence-electron chi connectivity index (χ4n) is 2.91. The van der Waals surface area contributed by atoms with Crippen molar-refractivity contribution in [2.45, 2.75) is 6.23 Å². The molecule has 0 amide bonds. The maximum atomic E-state index is 10.0. The molecule has 0 fully saturated rings. The molecule has 1 aliphatic rings. The van der Waals surface area contributed by atoms with Crippen molar-refractivity contribution in [3.8, 4) is 0 Å². The molecule has 0 bridgehead atoms. The zero-order valence-electron chi connectivity index (χ0n) is 16.6. The summed E-state index contributed by atoms with van der Waals surface area (Å²) in [5.41, 5.74) is 3.40. The van der Waals surface area contributed by atoms with Gasteiger partial charge in [-0.05, 0) is 43.9 Å². The lowest BCUT2D eigenvalue weighted by Crippen LogP contribution is -2.31. The number of hydrogen-bond acceptors (Lipinski definition) is 7. The van der Waals surface area contributed by atoms with Crippen molar-refractivity contribution in [3.63, 3.8) is 0 Å². The molecule has 0 saturated heterocycles. The lowest BCUT2D eigenvalue weighted by molar-refractivity contribution is 0.129. The molecule has 0 aromatic heterocycles. The van der Waals surface area contributed by atoms with Crippen molar-refractivity contribution in [2.75, 3.05) is 38.8 Å². The number of nitrogens with one attached hydrogen (secondary N) is 2. The third-order valence-corrected chi connectivity index (χ3v) is 4.30. The molecule has 2 aromatic rings. The fourth-order valence-corrected chi connectivity index (χ4v) is 2.91. The molecule has 29 heavy (non-hydrogen) atoms. The van der Waals surface area contributed by atoms with Gasteiger partial charge in [-0.1, -0.05) is 30.3 Å². The van der Waals surface area contributed by atoms with Gasteiger partial charge >= 0.3 is 0 Å². The Morgan fingerprint density at radius 1 is 1.14 bits per heavy atom. The summed E-state index contributed by atoms with van der Waals surface area (Å²) in [5, 5.41) is 36.5. The minimum atomic E-state index is -0.854. The summed E-state index contributed by atoms with van der Waals surface area (Å²) in [5.74, 6) is 0.224. The van der Waals surface area contributed by atoms with Crippen LogP contribution in [0.15, 0.2) is 64.7 Å². The Morgan fingerprint density at radius 2 is 1.83 bits per heavy atom. The zero-order chi connectivity index (χ0) is 20.8. The Labute approximate surface area is 170 Å². The molecule has 0 spiro atoms. The van der Waals surface area contributed by atoms with E-state index in [1.165, 1.54) is 0 Å². The molecular formula is C21H26N6O2. The van der Waals surface area contributed by atoms with Crippen LogP contribution < -0.4 is 10.3 Å². The summed E-state index contributed by atoms with van der Waals surface area (Å²) < 4.78 is 0. The second kappa shape index (κ2) is 9.53. The number of aliphatic hydroxyl groups excluding tert-OH is 2. The molecule has 1 aliphatic heterocycles. The maximum absolute atomic E-state index is 10.0. The van der Waals surface area contributed by atoms with Crippen LogP contribution in [0, 0.1) is 5.41 Å². The molecule has 2 aromatic carbocycles. The number of anilines is 1. The highest BCUT2D eigenvalue weighted by molar-refractivity contribution is 6.73. The molecule has 1 unspecified atom stereocenters. The van der Waals surface area contributed by atoms with Crippen LogP contribution in [-0.4, -0.2) is 66.2 Å². The summed E-state index contributed by atoms with van der Waals surface area (Å²) in [7, 11) is 3.90. The first-order valence-electron chi connectivity index (χ1n) is 9.37. The lowest BCUT2D eigenvalue weighted by Gasteiger charge is -2.13. The highest BCUT2D eigenvalue weighted by atomic mass is 16.3. The number of para-hydroxylation sites is 1. The zero-order valence-corrected chi connectivity index (χ0v) is 16.6. The third kappa shape index (κ3) is 5.12. The first-order valence-corrected chi connectivity index (χ1v) is 9.37. The fraction of sp³-hybridized carbons (Fsp3) is 0.286. The van der Waals surface area contributed by atoms with Crippen molar-refractivity contribution in [1.82, 2.24) is 10.2 Å². The van der Waals surface area contributed by atoms with Crippen molar-refractivity contribution in [3.05, 3.63) is 60.2 Å². The minimum Gasteiger partial charge on any atom is -0.395 e. The SMILES string of the molecule is CN(C)CC1=NN(c2ccccc2)C(=N)C1=Nc1ccc(C(O)NCCO)cc1. The molecule has 3 rings (SSSR count). The normalized spacial score (nSPS) is 16.6. The molecule has 0 aliphatic carbocycles. The van der Waals surface area contributed by atoms with Crippen molar-refractivity contribution >= 4 is 28.6 Å². The van der Waals surface area contributed by atoms with E-state index in [0.717, 1.165) is 11.4 Å². The topological polar surface area (TPSA) is 108 Å². The number of hydrogen-bond donors (Lipinski definition) is 4. The Hall–Kier alpha value is -2.91. The van der Waals surface area contributed by atoms with E-state index in [1.807, 2.05) is 49.3 Å². The molecule has 0 saturated carbocycles. The molecule has 8 heteroatoms. The minimum absolute atomic E-state index is 0.0448. The van der Waals surface area contributed by atoms with E-state index in [2.05, 4.69) is 15.4 Å². The number of aliphatic imine (C=N–C) groups is 1. The van der Waals surface area contributed by atoms with Gasteiger partial charge < -0.3 is 15.1 Å². The van der Waals surface area contributed by atoms with E-state index in [4.69, 9.17) is 10.5 Å². The number of nitrogens with zero attached hydrogens (tertiary/aromatic N) is 4. The van der Waals surface area contributed by atoms with Crippen LogP contribution >= 0.6 is 0 Å². The average Bonchev–Trinajstić information content (AvgIpc) is 3.02. The molecule has 152 valence electrons. The summed E-state index contributed by atoms with van der Waals surface area (Å²) in [4.78, 5) is 6.65. The molecule has 0 radical (unpaired) electrons. The predicted molar refractivity (Wildman–Crippen MR) is 116 cm³/mol. The van der Waals surface area contributed by atoms with Crippen LogP contribution in [0.25, 0.3) is 0 Å². The van der Waals surface area contributed by atoms with Crippen LogP contribution in [0.2, 0.25) is 0 Å². The highest BCUT2D eigenvalue weighted by Gasteiger charge is 2.29. The quantitative estimate of drug-likeness (QED) is 0.510. The van der Waals surface area contributed by atoms with Crippen molar-refractivity contribution in [2.24, 2.45) is 10.1 Å². The van der Waals surface area contributed by atoms with E-state index in [1.54, 1.807) is 29.3 Å². The number of aliphatic hydroxyl groups is 2. The molecule has 4 N–H and O–H groups in total. The standard InChI is InChI=1S/C21H26N6O2/c1-26(2)14-18-19(20(22)27(25-18)17-6-4-3-5-7-17)24-16-10-8-15(9-11-16)21(29)23-12-13-28/h3-11,21-23,28-29H,12-14H2,1-2H3. The molecule has 8 nitrogen and oxygen atoms in total.